The van der Waals surface area contributed by atoms with Crippen LogP contribution in [0.4, 0.5) is 5.69 Å². The second-order valence-corrected chi connectivity index (χ2v) is 9.26. The third-order valence-corrected chi connectivity index (χ3v) is 6.65. The van der Waals surface area contributed by atoms with Crippen molar-refractivity contribution < 1.29 is 27.4 Å². The van der Waals surface area contributed by atoms with Crippen molar-refractivity contribution in [3.05, 3.63) is 77.9 Å². The third kappa shape index (κ3) is 6.06. The third-order valence-electron chi connectivity index (χ3n) is 5.16. The molecule has 9 heteroatoms. The molecule has 3 aromatic carbocycles. The molecule has 34 heavy (non-hydrogen) atoms. The zero-order valence-electron chi connectivity index (χ0n) is 19.5. The lowest BCUT2D eigenvalue weighted by Crippen LogP contribution is -2.45. The molecule has 0 heterocycles. The van der Waals surface area contributed by atoms with Gasteiger partial charge in [0.25, 0.3) is 0 Å². The van der Waals surface area contributed by atoms with Gasteiger partial charge >= 0.3 is 0 Å². The number of nitrogens with one attached hydrogen (secondary N) is 2. The quantitative estimate of drug-likeness (QED) is 0.456. The van der Waals surface area contributed by atoms with E-state index in [0.717, 1.165) is 11.1 Å². The molecule has 3 rings (SSSR count). The molecule has 0 spiro atoms. The molecule has 0 saturated carbocycles. The van der Waals surface area contributed by atoms with E-state index in [2.05, 4.69) is 10.0 Å². The van der Waals surface area contributed by atoms with Crippen LogP contribution in [0.2, 0.25) is 0 Å². The number of benzene rings is 3. The Hall–Kier alpha value is -3.56. The van der Waals surface area contributed by atoms with E-state index in [4.69, 9.17) is 14.2 Å². The van der Waals surface area contributed by atoms with Gasteiger partial charge in [0, 0.05) is 11.8 Å². The second-order valence-electron chi connectivity index (χ2n) is 7.58. The van der Waals surface area contributed by atoms with Gasteiger partial charge in [-0.2, -0.15) is 4.72 Å². The van der Waals surface area contributed by atoms with Crippen LogP contribution in [-0.2, 0) is 21.2 Å². The molecule has 2 N–H and O–H groups in total. The lowest BCUT2D eigenvalue weighted by molar-refractivity contribution is -0.117. The summed E-state index contributed by atoms with van der Waals surface area (Å²) in [5, 5.41) is 2.77. The van der Waals surface area contributed by atoms with Gasteiger partial charge in [-0.3, -0.25) is 4.79 Å². The average molecular weight is 485 g/mol. The molecular weight excluding hydrogens is 456 g/mol. The summed E-state index contributed by atoms with van der Waals surface area (Å²) in [6.45, 7) is 1.78. The van der Waals surface area contributed by atoms with Gasteiger partial charge in [-0.1, -0.05) is 36.4 Å². The minimum absolute atomic E-state index is 0.0352. The first-order valence-corrected chi connectivity index (χ1v) is 12.0. The van der Waals surface area contributed by atoms with Gasteiger partial charge in [-0.15, -0.1) is 0 Å². The topological polar surface area (TPSA) is 103 Å². The summed E-state index contributed by atoms with van der Waals surface area (Å²) in [6.07, 6.45) is 0.146. The van der Waals surface area contributed by atoms with Crippen molar-refractivity contribution in [2.45, 2.75) is 24.3 Å². The Kier molecular flexibility index (Phi) is 8.14. The summed E-state index contributed by atoms with van der Waals surface area (Å²) in [4.78, 5) is 13.2. The summed E-state index contributed by atoms with van der Waals surface area (Å²) < 4.78 is 44.9. The fourth-order valence-electron chi connectivity index (χ4n) is 3.43. The van der Waals surface area contributed by atoms with E-state index in [9.17, 15) is 13.2 Å². The van der Waals surface area contributed by atoms with E-state index in [0.29, 0.717) is 17.2 Å². The molecule has 0 radical (unpaired) electrons. The van der Waals surface area contributed by atoms with E-state index in [1.54, 1.807) is 37.3 Å². The molecule has 0 saturated heterocycles. The average Bonchev–Trinajstić information content (AvgIpc) is 2.84. The van der Waals surface area contributed by atoms with Gasteiger partial charge in [0.15, 0.2) is 11.5 Å². The first-order valence-electron chi connectivity index (χ1n) is 10.5. The molecule has 0 aliphatic heterocycles. The Labute approximate surface area is 199 Å². The predicted molar refractivity (Wildman–Crippen MR) is 130 cm³/mol. The van der Waals surface area contributed by atoms with Crippen molar-refractivity contribution in [3.63, 3.8) is 0 Å². The predicted octanol–water partition coefficient (Wildman–Crippen LogP) is 3.55. The maximum absolute atomic E-state index is 13.3. The summed E-state index contributed by atoms with van der Waals surface area (Å²) in [7, 11) is 0.317. The van der Waals surface area contributed by atoms with Gasteiger partial charge in [0.1, 0.15) is 16.7 Å². The Morgan fingerprint density at radius 2 is 1.50 bits per heavy atom. The summed E-state index contributed by atoms with van der Waals surface area (Å²) in [5.41, 5.74) is 1.98. The molecule has 0 aromatic heterocycles. The number of sulfonamides is 1. The fourth-order valence-corrected chi connectivity index (χ4v) is 4.87. The van der Waals surface area contributed by atoms with Crippen LogP contribution in [0.15, 0.2) is 71.6 Å². The van der Waals surface area contributed by atoms with Crippen LogP contribution in [0.1, 0.15) is 11.1 Å². The first-order chi connectivity index (χ1) is 16.3. The van der Waals surface area contributed by atoms with E-state index in [1.807, 2.05) is 30.3 Å². The molecule has 0 aliphatic carbocycles. The summed E-state index contributed by atoms with van der Waals surface area (Å²) in [5.74, 6) is 0.613. The van der Waals surface area contributed by atoms with Crippen molar-refractivity contribution in [2.75, 3.05) is 26.6 Å². The van der Waals surface area contributed by atoms with Crippen LogP contribution in [-0.4, -0.2) is 41.7 Å². The zero-order valence-corrected chi connectivity index (χ0v) is 20.3. The molecule has 0 unspecified atom stereocenters. The van der Waals surface area contributed by atoms with Crippen LogP contribution in [0.5, 0.6) is 17.2 Å². The zero-order chi connectivity index (χ0) is 24.7. The normalized spacial score (nSPS) is 12.0. The highest BCUT2D eigenvalue weighted by Crippen LogP contribution is 2.30. The largest absolute Gasteiger partial charge is 0.495 e. The molecule has 0 fully saturated rings. The van der Waals surface area contributed by atoms with Gasteiger partial charge in [0.05, 0.1) is 21.3 Å². The SMILES string of the molecule is COc1ccc(NC(=O)[C@@H](Cc2ccccc2)NS(=O)(=O)c2cc(C)ccc2OC)cc1OC. The van der Waals surface area contributed by atoms with Crippen LogP contribution in [0, 0.1) is 6.92 Å². The molecule has 0 aliphatic rings. The molecule has 180 valence electrons. The van der Waals surface area contributed by atoms with Crippen LogP contribution >= 0.6 is 0 Å². The number of carbonyl (C=O) groups excluding carboxylic acids is 1. The highest BCUT2D eigenvalue weighted by Gasteiger charge is 2.28. The van der Waals surface area contributed by atoms with Gasteiger partial charge in [-0.05, 0) is 48.7 Å². The number of hydrogen-bond donors (Lipinski definition) is 2. The Morgan fingerprint density at radius 1 is 0.853 bits per heavy atom. The fraction of sp³-hybridized carbons (Fsp3) is 0.240. The van der Waals surface area contributed by atoms with Crippen LogP contribution < -0.4 is 24.2 Å². The smallest absolute Gasteiger partial charge is 0.245 e. The lowest BCUT2D eigenvalue weighted by Gasteiger charge is -2.20. The maximum atomic E-state index is 13.3. The standard InChI is InChI=1S/C25H28N2O6S/c1-17-10-12-22(32-3)24(14-17)34(29,30)27-20(15-18-8-6-5-7-9-18)25(28)26-19-11-13-21(31-2)23(16-19)33-4/h5-14,16,20,27H,15H2,1-4H3,(H,26,28)/t20-/m1/s1. The Morgan fingerprint density at radius 3 is 2.15 bits per heavy atom. The minimum atomic E-state index is -4.09. The van der Waals surface area contributed by atoms with Crippen molar-refractivity contribution in [1.82, 2.24) is 4.72 Å². The van der Waals surface area contributed by atoms with E-state index in [-0.39, 0.29) is 17.1 Å². The Bertz CT molecular complexity index is 1250. The van der Waals surface area contributed by atoms with E-state index in [1.165, 1.54) is 27.4 Å². The molecule has 8 nitrogen and oxygen atoms in total. The minimum Gasteiger partial charge on any atom is -0.495 e. The highest BCUT2D eigenvalue weighted by atomic mass is 32.2. The lowest BCUT2D eigenvalue weighted by atomic mass is 10.1. The Balaban J connectivity index is 1.92. The number of amides is 1. The van der Waals surface area contributed by atoms with Crippen LogP contribution in [0.3, 0.4) is 0 Å². The molecular formula is C25H28N2O6S. The van der Waals surface area contributed by atoms with E-state index < -0.39 is 22.0 Å². The molecule has 1 atom stereocenters. The first kappa shape index (κ1) is 25.1. The summed E-state index contributed by atoms with van der Waals surface area (Å²) >= 11 is 0. The van der Waals surface area contributed by atoms with Crippen molar-refractivity contribution in [3.8, 4) is 17.2 Å². The monoisotopic (exact) mass is 484 g/mol. The number of methoxy groups -OCH3 is 3. The van der Waals surface area contributed by atoms with Crippen molar-refractivity contribution in [1.29, 1.82) is 0 Å². The highest BCUT2D eigenvalue weighted by molar-refractivity contribution is 7.89. The number of ether oxygens (including phenoxy) is 3. The number of carbonyl (C=O) groups is 1. The van der Waals surface area contributed by atoms with Crippen LogP contribution in [0.25, 0.3) is 0 Å². The second kappa shape index (κ2) is 11.0. The number of anilines is 1. The number of aryl methyl sites for hydroxylation is 1. The maximum Gasteiger partial charge on any atom is 0.245 e. The molecule has 1 amide bonds. The molecule has 0 bridgehead atoms. The molecule has 3 aromatic rings. The summed E-state index contributed by atoms with van der Waals surface area (Å²) in [6, 6.07) is 17.8. The number of rotatable bonds is 10. The van der Waals surface area contributed by atoms with Gasteiger partial charge in [0.2, 0.25) is 15.9 Å². The van der Waals surface area contributed by atoms with Gasteiger partial charge in [-0.25, -0.2) is 8.42 Å². The van der Waals surface area contributed by atoms with Gasteiger partial charge < -0.3 is 19.5 Å². The van der Waals surface area contributed by atoms with Crippen molar-refractivity contribution in [2.24, 2.45) is 0 Å². The number of hydrogen-bond acceptors (Lipinski definition) is 6. The van der Waals surface area contributed by atoms with E-state index >= 15 is 0 Å². The van der Waals surface area contributed by atoms with Crippen molar-refractivity contribution >= 4 is 21.6 Å².